The highest BCUT2D eigenvalue weighted by molar-refractivity contribution is 5.33. The lowest BCUT2D eigenvalue weighted by atomic mass is 10.2. The van der Waals surface area contributed by atoms with Crippen molar-refractivity contribution in [3.63, 3.8) is 0 Å². The number of rotatable bonds is 6. The van der Waals surface area contributed by atoms with Crippen molar-refractivity contribution in [3.8, 4) is 5.75 Å². The van der Waals surface area contributed by atoms with Crippen LogP contribution in [0.1, 0.15) is 37.0 Å². The molecule has 0 saturated heterocycles. The first-order valence-electron chi connectivity index (χ1n) is 6.38. The van der Waals surface area contributed by atoms with Gasteiger partial charge in [0, 0.05) is 18.0 Å². The van der Waals surface area contributed by atoms with Crippen molar-refractivity contribution in [1.29, 1.82) is 0 Å². The first-order chi connectivity index (χ1) is 9.20. The summed E-state index contributed by atoms with van der Waals surface area (Å²) >= 11 is 0. The molecule has 1 N–H and O–H groups in total. The minimum atomic E-state index is 0.258. The SMILES string of the molecule is CNCc1ccccc1OCc1nc(C(C)C)no1. The second-order valence-corrected chi connectivity index (χ2v) is 4.63. The van der Waals surface area contributed by atoms with E-state index < -0.39 is 0 Å². The van der Waals surface area contributed by atoms with Crippen LogP contribution in [0.4, 0.5) is 0 Å². The molecule has 0 amide bonds. The summed E-state index contributed by atoms with van der Waals surface area (Å²) in [6.07, 6.45) is 0. The van der Waals surface area contributed by atoms with E-state index in [1.165, 1.54) is 0 Å². The molecule has 0 saturated carbocycles. The summed E-state index contributed by atoms with van der Waals surface area (Å²) in [5.41, 5.74) is 1.11. The standard InChI is InChI=1S/C14H19N3O2/c1-10(2)14-16-13(19-17-14)9-18-12-7-5-4-6-11(12)8-15-3/h4-7,10,15H,8-9H2,1-3H3. The van der Waals surface area contributed by atoms with Crippen molar-refractivity contribution in [3.05, 3.63) is 41.5 Å². The smallest absolute Gasteiger partial charge is 0.264 e. The van der Waals surface area contributed by atoms with Crippen molar-refractivity contribution in [2.75, 3.05) is 7.05 Å². The zero-order valence-corrected chi connectivity index (χ0v) is 11.5. The maximum atomic E-state index is 5.73. The quantitative estimate of drug-likeness (QED) is 0.865. The third-order valence-electron chi connectivity index (χ3n) is 2.69. The molecule has 5 nitrogen and oxygen atoms in total. The van der Waals surface area contributed by atoms with Crippen molar-refractivity contribution < 1.29 is 9.26 Å². The van der Waals surface area contributed by atoms with Crippen LogP contribution in [0.15, 0.2) is 28.8 Å². The maximum absolute atomic E-state index is 5.73. The minimum Gasteiger partial charge on any atom is -0.483 e. The van der Waals surface area contributed by atoms with Crippen molar-refractivity contribution in [1.82, 2.24) is 15.5 Å². The van der Waals surface area contributed by atoms with E-state index in [0.29, 0.717) is 18.3 Å². The van der Waals surface area contributed by atoms with E-state index in [0.717, 1.165) is 17.9 Å². The van der Waals surface area contributed by atoms with Gasteiger partial charge in [0.15, 0.2) is 12.4 Å². The zero-order chi connectivity index (χ0) is 13.7. The highest BCUT2D eigenvalue weighted by Crippen LogP contribution is 2.19. The molecular weight excluding hydrogens is 242 g/mol. The fourth-order valence-electron chi connectivity index (χ4n) is 1.68. The van der Waals surface area contributed by atoms with E-state index in [-0.39, 0.29) is 5.92 Å². The van der Waals surface area contributed by atoms with Crippen LogP contribution in [-0.2, 0) is 13.2 Å². The molecule has 19 heavy (non-hydrogen) atoms. The largest absolute Gasteiger partial charge is 0.483 e. The number of para-hydroxylation sites is 1. The van der Waals surface area contributed by atoms with Gasteiger partial charge in [-0.1, -0.05) is 37.2 Å². The minimum absolute atomic E-state index is 0.258. The molecule has 1 heterocycles. The van der Waals surface area contributed by atoms with Crippen LogP contribution < -0.4 is 10.1 Å². The number of benzene rings is 1. The van der Waals surface area contributed by atoms with Gasteiger partial charge in [-0.3, -0.25) is 0 Å². The van der Waals surface area contributed by atoms with Gasteiger partial charge in [0.1, 0.15) is 5.75 Å². The Hall–Kier alpha value is -1.88. The van der Waals surface area contributed by atoms with E-state index >= 15 is 0 Å². The monoisotopic (exact) mass is 261 g/mol. The van der Waals surface area contributed by atoms with Crippen molar-refractivity contribution in [2.45, 2.75) is 32.9 Å². The molecule has 0 bridgehead atoms. The predicted molar refractivity (Wildman–Crippen MR) is 71.9 cm³/mol. The summed E-state index contributed by atoms with van der Waals surface area (Å²) in [5.74, 6) is 2.31. The third kappa shape index (κ3) is 3.54. The molecule has 0 spiro atoms. The van der Waals surface area contributed by atoms with Gasteiger partial charge >= 0.3 is 0 Å². The summed E-state index contributed by atoms with van der Waals surface area (Å²) in [4.78, 5) is 4.28. The molecule has 2 rings (SSSR count). The Morgan fingerprint density at radius 1 is 1.32 bits per heavy atom. The first-order valence-corrected chi connectivity index (χ1v) is 6.38. The lowest BCUT2D eigenvalue weighted by Gasteiger charge is -2.09. The van der Waals surface area contributed by atoms with Crippen molar-refractivity contribution in [2.24, 2.45) is 0 Å². The van der Waals surface area contributed by atoms with Gasteiger partial charge in [-0.05, 0) is 13.1 Å². The van der Waals surface area contributed by atoms with Crippen LogP contribution in [0.25, 0.3) is 0 Å². The molecule has 1 aromatic heterocycles. The second kappa shape index (κ2) is 6.33. The van der Waals surface area contributed by atoms with Crippen LogP contribution in [0.5, 0.6) is 5.75 Å². The Morgan fingerprint density at radius 2 is 2.11 bits per heavy atom. The molecule has 0 aliphatic carbocycles. The number of hydrogen-bond donors (Lipinski definition) is 1. The van der Waals surface area contributed by atoms with Gasteiger partial charge < -0.3 is 14.6 Å². The number of aromatic nitrogens is 2. The molecule has 1 aromatic carbocycles. The average molecular weight is 261 g/mol. The van der Waals surface area contributed by atoms with Crippen LogP contribution in [0.3, 0.4) is 0 Å². The molecule has 102 valence electrons. The lowest BCUT2D eigenvalue weighted by Crippen LogP contribution is -2.07. The molecule has 0 aliphatic heterocycles. The van der Waals surface area contributed by atoms with E-state index in [2.05, 4.69) is 15.5 Å². The van der Waals surface area contributed by atoms with Gasteiger partial charge in [0.05, 0.1) is 0 Å². The van der Waals surface area contributed by atoms with Crippen molar-refractivity contribution >= 4 is 0 Å². The van der Waals surface area contributed by atoms with Crippen LogP contribution in [0, 0.1) is 0 Å². The molecular formula is C14H19N3O2. The van der Waals surface area contributed by atoms with E-state index in [1.54, 1.807) is 0 Å². The molecule has 0 radical (unpaired) electrons. The summed E-state index contributed by atoms with van der Waals surface area (Å²) in [5, 5.41) is 7.02. The Morgan fingerprint density at radius 3 is 2.79 bits per heavy atom. The van der Waals surface area contributed by atoms with Crippen LogP contribution in [-0.4, -0.2) is 17.2 Å². The highest BCUT2D eigenvalue weighted by atomic mass is 16.5. The molecule has 0 atom stereocenters. The van der Waals surface area contributed by atoms with Gasteiger partial charge in [-0.2, -0.15) is 4.98 Å². The topological polar surface area (TPSA) is 60.2 Å². The molecule has 2 aromatic rings. The van der Waals surface area contributed by atoms with Gasteiger partial charge in [0.25, 0.3) is 5.89 Å². The Kier molecular flexibility index (Phi) is 4.52. The van der Waals surface area contributed by atoms with E-state index in [9.17, 15) is 0 Å². The summed E-state index contributed by atoms with van der Waals surface area (Å²) < 4.78 is 10.9. The van der Waals surface area contributed by atoms with E-state index in [1.807, 2.05) is 45.2 Å². The van der Waals surface area contributed by atoms with Gasteiger partial charge in [-0.25, -0.2) is 0 Å². The molecule has 5 heteroatoms. The summed E-state index contributed by atoms with van der Waals surface area (Å²) in [6, 6.07) is 7.90. The molecule has 0 unspecified atom stereocenters. The molecule has 0 fully saturated rings. The van der Waals surface area contributed by atoms with E-state index in [4.69, 9.17) is 9.26 Å². The van der Waals surface area contributed by atoms with Gasteiger partial charge in [-0.15, -0.1) is 0 Å². The average Bonchev–Trinajstić information content (AvgIpc) is 2.87. The fraction of sp³-hybridized carbons (Fsp3) is 0.429. The normalized spacial score (nSPS) is 10.9. The van der Waals surface area contributed by atoms with Crippen LogP contribution >= 0.6 is 0 Å². The number of ether oxygens (including phenoxy) is 1. The number of nitrogens with one attached hydrogen (secondary N) is 1. The summed E-state index contributed by atoms with van der Waals surface area (Å²) in [7, 11) is 1.91. The Bertz CT molecular complexity index is 523. The zero-order valence-electron chi connectivity index (χ0n) is 11.5. The second-order valence-electron chi connectivity index (χ2n) is 4.63. The van der Waals surface area contributed by atoms with Crippen LogP contribution in [0.2, 0.25) is 0 Å². The molecule has 0 aliphatic rings. The Balaban J connectivity index is 2.01. The lowest BCUT2D eigenvalue weighted by molar-refractivity contribution is 0.240. The predicted octanol–water partition coefficient (Wildman–Crippen LogP) is 2.49. The summed E-state index contributed by atoms with van der Waals surface area (Å²) in [6.45, 7) is 5.10. The fourth-order valence-corrected chi connectivity index (χ4v) is 1.68. The van der Waals surface area contributed by atoms with Gasteiger partial charge in [0.2, 0.25) is 0 Å². The Labute approximate surface area is 113 Å². The first kappa shape index (κ1) is 13.5. The number of hydrogen-bond acceptors (Lipinski definition) is 5. The number of nitrogens with zero attached hydrogens (tertiary/aromatic N) is 2. The maximum Gasteiger partial charge on any atom is 0.264 e. The third-order valence-corrected chi connectivity index (χ3v) is 2.69. The highest BCUT2D eigenvalue weighted by Gasteiger charge is 2.10.